The molecule has 0 radical (unpaired) electrons. The van der Waals surface area contributed by atoms with Crippen LogP contribution in [0.25, 0.3) is 10.9 Å². The Labute approximate surface area is 139 Å². The normalized spacial score (nSPS) is 21.6. The number of H-pyrrole nitrogens is 1. The molecule has 122 valence electrons. The van der Waals surface area contributed by atoms with Gasteiger partial charge in [-0.3, -0.25) is 9.59 Å². The van der Waals surface area contributed by atoms with Crippen molar-refractivity contribution in [3.63, 3.8) is 0 Å². The zero-order chi connectivity index (χ0) is 16.4. The molecular weight excluding hydrogens is 310 g/mol. The van der Waals surface area contributed by atoms with E-state index < -0.39 is 0 Å². The molecule has 2 atom stereocenters. The highest BCUT2D eigenvalue weighted by Crippen LogP contribution is 2.24. The van der Waals surface area contributed by atoms with Gasteiger partial charge in [0.2, 0.25) is 5.91 Å². The Balaban J connectivity index is 1.73. The van der Waals surface area contributed by atoms with Gasteiger partial charge in [-0.2, -0.15) is 0 Å². The number of aromatic amines is 1. The van der Waals surface area contributed by atoms with Crippen LogP contribution in [0.15, 0.2) is 34.2 Å². The number of thioether (sulfide) groups is 1. The quantitative estimate of drug-likeness (QED) is 0.694. The van der Waals surface area contributed by atoms with E-state index in [0.717, 1.165) is 12.8 Å². The van der Waals surface area contributed by atoms with Gasteiger partial charge in [-0.15, -0.1) is 0 Å². The maximum absolute atomic E-state index is 12.5. The number of rotatable bonds is 3. The van der Waals surface area contributed by atoms with E-state index >= 15 is 0 Å². The first-order chi connectivity index (χ1) is 11.1. The lowest BCUT2D eigenvalue weighted by atomic mass is 9.98. The molecule has 1 saturated heterocycles. The number of nitrogens with one attached hydrogen (secondary N) is 1. The molecule has 0 bridgehead atoms. The number of hydrogen-bond donors (Lipinski definition) is 1. The number of aromatic nitrogens is 2. The Kier molecular flexibility index (Phi) is 4.71. The second kappa shape index (κ2) is 6.74. The number of piperidine rings is 1. The molecule has 6 heteroatoms. The minimum atomic E-state index is -0.162. The molecule has 0 saturated carbocycles. The Morgan fingerprint density at radius 3 is 2.74 bits per heavy atom. The summed E-state index contributed by atoms with van der Waals surface area (Å²) in [5.41, 5.74) is 0.496. The number of carbonyl (C=O) groups is 1. The molecule has 0 unspecified atom stereocenters. The summed E-state index contributed by atoms with van der Waals surface area (Å²) in [6.07, 6.45) is 3.30. The van der Waals surface area contributed by atoms with Crippen LogP contribution in [0.2, 0.25) is 0 Å². The van der Waals surface area contributed by atoms with Crippen molar-refractivity contribution in [1.29, 1.82) is 0 Å². The average Bonchev–Trinajstić information content (AvgIpc) is 2.53. The minimum absolute atomic E-state index is 0.116. The predicted molar refractivity (Wildman–Crippen MR) is 92.7 cm³/mol. The maximum Gasteiger partial charge on any atom is 0.259 e. The van der Waals surface area contributed by atoms with Crippen LogP contribution >= 0.6 is 11.8 Å². The van der Waals surface area contributed by atoms with Crippen molar-refractivity contribution >= 4 is 28.6 Å². The second-order valence-electron chi connectivity index (χ2n) is 6.11. The third-order valence-electron chi connectivity index (χ3n) is 4.41. The molecule has 0 aliphatic carbocycles. The van der Waals surface area contributed by atoms with Crippen LogP contribution < -0.4 is 5.56 Å². The van der Waals surface area contributed by atoms with Crippen LogP contribution in [0, 0.1) is 0 Å². The van der Waals surface area contributed by atoms with Crippen LogP contribution in [0.5, 0.6) is 0 Å². The van der Waals surface area contributed by atoms with Gasteiger partial charge in [0.25, 0.3) is 5.56 Å². The van der Waals surface area contributed by atoms with Crippen molar-refractivity contribution in [3.8, 4) is 0 Å². The first kappa shape index (κ1) is 16.1. The number of hydrogen-bond acceptors (Lipinski definition) is 4. The van der Waals surface area contributed by atoms with E-state index in [0.29, 0.717) is 21.8 Å². The molecule has 1 aromatic heterocycles. The number of benzene rings is 1. The zero-order valence-corrected chi connectivity index (χ0v) is 14.2. The molecule has 5 nitrogen and oxygen atoms in total. The second-order valence-corrected chi connectivity index (χ2v) is 7.07. The van der Waals surface area contributed by atoms with E-state index in [4.69, 9.17) is 0 Å². The highest BCUT2D eigenvalue weighted by atomic mass is 32.2. The van der Waals surface area contributed by atoms with Crippen LogP contribution in [-0.4, -0.2) is 38.6 Å². The van der Waals surface area contributed by atoms with Gasteiger partial charge in [-0.25, -0.2) is 4.98 Å². The molecule has 3 rings (SSSR count). The lowest BCUT2D eigenvalue weighted by molar-refractivity contribution is -0.134. The third kappa shape index (κ3) is 3.42. The van der Waals surface area contributed by atoms with E-state index in [1.54, 1.807) is 6.07 Å². The lowest BCUT2D eigenvalue weighted by Crippen LogP contribution is -2.48. The Bertz CT molecular complexity index is 764. The summed E-state index contributed by atoms with van der Waals surface area (Å²) < 4.78 is 0. The number of fused-ring (bicyclic) bond motifs is 1. The van der Waals surface area contributed by atoms with E-state index in [1.807, 2.05) is 23.1 Å². The number of carbonyl (C=O) groups excluding carboxylic acids is 1. The van der Waals surface area contributed by atoms with Crippen molar-refractivity contribution in [2.45, 2.75) is 50.4 Å². The molecule has 2 aromatic rings. The largest absolute Gasteiger partial charge is 0.337 e. The van der Waals surface area contributed by atoms with Gasteiger partial charge in [0, 0.05) is 12.1 Å². The van der Waals surface area contributed by atoms with Crippen molar-refractivity contribution in [2.75, 3.05) is 5.75 Å². The topological polar surface area (TPSA) is 66.1 Å². The van der Waals surface area contributed by atoms with Gasteiger partial charge in [-0.05, 0) is 45.2 Å². The van der Waals surface area contributed by atoms with Crippen molar-refractivity contribution < 1.29 is 4.79 Å². The highest BCUT2D eigenvalue weighted by molar-refractivity contribution is 7.99. The first-order valence-electron chi connectivity index (χ1n) is 7.99. The third-order valence-corrected chi connectivity index (χ3v) is 5.26. The molecule has 2 heterocycles. The van der Waals surface area contributed by atoms with Gasteiger partial charge in [0.1, 0.15) is 0 Å². The summed E-state index contributed by atoms with van der Waals surface area (Å²) >= 11 is 1.30. The summed E-state index contributed by atoms with van der Waals surface area (Å²) in [7, 11) is 0. The molecule has 1 aliphatic rings. The molecule has 1 N–H and O–H groups in total. The number of likely N-dealkylation sites (tertiary alicyclic amines) is 1. The van der Waals surface area contributed by atoms with Gasteiger partial charge in [0.15, 0.2) is 5.16 Å². The summed E-state index contributed by atoms with van der Waals surface area (Å²) in [4.78, 5) is 33.7. The Morgan fingerprint density at radius 1 is 1.30 bits per heavy atom. The van der Waals surface area contributed by atoms with Gasteiger partial charge in [0.05, 0.1) is 16.7 Å². The smallest absolute Gasteiger partial charge is 0.259 e. The van der Waals surface area contributed by atoms with E-state index in [-0.39, 0.29) is 23.6 Å². The van der Waals surface area contributed by atoms with Crippen LogP contribution in [0.3, 0.4) is 0 Å². The van der Waals surface area contributed by atoms with Gasteiger partial charge in [-0.1, -0.05) is 23.9 Å². The van der Waals surface area contributed by atoms with E-state index in [1.165, 1.54) is 18.2 Å². The Hall–Kier alpha value is -1.82. The summed E-state index contributed by atoms with van der Waals surface area (Å²) in [6.45, 7) is 4.21. The maximum atomic E-state index is 12.5. The van der Waals surface area contributed by atoms with Gasteiger partial charge < -0.3 is 9.88 Å². The van der Waals surface area contributed by atoms with Crippen molar-refractivity contribution in [2.24, 2.45) is 0 Å². The standard InChI is InChI=1S/C17H21N3O2S/c1-11-6-5-7-12(2)20(11)15(21)10-23-17-18-14-9-4-3-8-13(14)16(22)19-17/h3-4,8-9,11-12H,5-7,10H2,1-2H3,(H,18,19,22)/t11-,12-/m1/s1. The summed E-state index contributed by atoms with van der Waals surface area (Å²) in [5, 5.41) is 1.07. The fourth-order valence-electron chi connectivity index (χ4n) is 3.25. The molecule has 1 aromatic carbocycles. The lowest BCUT2D eigenvalue weighted by Gasteiger charge is -2.39. The number of nitrogens with zero attached hydrogens (tertiary/aromatic N) is 2. The van der Waals surface area contributed by atoms with Crippen LogP contribution in [-0.2, 0) is 4.79 Å². The SMILES string of the molecule is C[C@@H]1CCC[C@@H](C)N1C(=O)CSc1nc2ccccc2c(=O)[nH]1. The van der Waals surface area contributed by atoms with Gasteiger partial charge >= 0.3 is 0 Å². The van der Waals surface area contributed by atoms with E-state index in [9.17, 15) is 9.59 Å². The van der Waals surface area contributed by atoms with E-state index in [2.05, 4.69) is 23.8 Å². The number of amides is 1. The molecule has 1 fully saturated rings. The number of para-hydroxylation sites is 1. The summed E-state index contributed by atoms with van der Waals surface area (Å²) in [5.74, 6) is 0.418. The fraction of sp³-hybridized carbons (Fsp3) is 0.471. The molecular formula is C17H21N3O2S. The molecule has 23 heavy (non-hydrogen) atoms. The Morgan fingerprint density at radius 2 is 2.00 bits per heavy atom. The van der Waals surface area contributed by atoms with Crippen molar-refractivity contribution in [1.82, 2.24) is 14.9 Å². The zero-order valence-electron chi connectivity index (χ0n) is 13.4. The molecule has 1 aliphatic heterocycles. The first-order valence-corrected chi connectivity index (χ1v) is 8.98. The average molecular weight is 331 g/mol. The monoisotopic (exact) mass is 331 g/mol. The van der Waals surface area contributed by atoms with Crippen LogP contribution in [0.4, 0.5) is 0 Å². The minimum Gasteiger partial charge on any atom is -0.337 e. The van der Waals surface area contributed by atoms with Crippen LogP contribution in [0.1, 0.15) is 33.1 Å². The summed E-state index contributed by atoms with van der Waals surface area (Å²) in [6, 6.07) is 7.80. The van der Waals surface area contributed by atoms with Crippen molar-refractivity contribution in [3.05, 3.63) is 34.6 Å². The fourth-order valence-corrected chi connectivity index (χ4v) is 3.99. The predicted octanol–water partition coefficient (Wildman–Crippen LogP) is 2.80. The molecule has 1 amide bonds. The highest BCUT2D eigenvalue weighted by Gasteiger charge is 2.28. The molecule has 0 spiro atoms.